The van der Waals surface area contributed by atoms with Crippen LogP contribution in [0.15, 0.2) is 12.1 Å². The minimum absolute atomic E-state index is 0.749. The molecule has 102 valence electrons. The minimum Gasteiger partial charge on any atom is -0.493 e. The Kier molecular flexibility index (Phi) is 5.45. The summed E-state index contributed by atoms with van der Waals surface area (Å²) in [5, 5.41) is 1.62. The molecule has 2 heteroatoms. The molecule has 18 heavy (non-hydrogen) atoms. The summed E-state index contributed by atoms with van der Waals surface area (Å²) in [5.41, 5.74) is 2.61. The predicted octanol–water partition coefficient (Wildman–Crippen LogP) is 4.42. The number of hydrogen-bond donors (Lipinski definition) is 0. The first-order chi connectivity index (χ1) is 8.54. The average molecular weight is 264 g/mol. The molecule has 0 saturated heterocycles. The third kappa shape index (κ3) is 2.80. The number of benzene rings is 1. The fourth-order valence-electron chi connectivity index (χ4n) is 2.99. The summed E-state index contributed by atoms with van der Waals surface area (Å²) in [4.78, 5) is 0. The van der Waals surface area contributed by atoms with Crippen LogP contribution in [0.2, 0.25) is 18.1 Å². The first-order valence-corrected chi connectivity index (χ1v) is 9.91. The van der Waals surface area contributed by atoms with Crippen molar-refractivity contribution < 1.29 is 4.74 Å². The molecule has 1 rings (SSSR count). The first-order valence-electron chi connectivity index (χ1n) is 7.29. The largest absolute Gasteiger partial charge is 0.493 e. The molecule has 1 aromatic carbocycles. The smallest absolute Gasteiger partial charge is 0.125 e. The van der Waals surface area contributed by atoms with Crippen LogP contribution < -0.4 is 9.92 Å². The number of ether oxygens (including phenoxy) is 1. The third-order valence-electron chi connectivity index (χ3n) is 4.39. The number of aryl methyl sites for hydroxylation is 2. The van der Waals surface area contributed by atoms with E-state index >= 15 is 0 Å². The van der Waals surface area contributed by atoms with E-state index in [0.29, 0.717) is 0 Å². The lowest BCUT2D eigenvalue weighted by molar-refractivity contribution is 0.335. The molecule has 1 nitrogen and oxygen atoms in total. The van der Waals surface area contributed by atoms with Crippen LogP contribution in [0.4, 0.5) is 0 Å². The summed E-state index contributed by atoms with van der Waals surface area (Å²) in [6.45, 7) is 14.2. The van der Waals surface area contributed by atoms with E-state index in [1.807, 2.05) is 0 Å². The molecule has 0 aliphatic rings. The van der Waals surface area contributed by atoms with Crippen molar-refractivity contribution in [2.45, 2.75) is 59.7 Å². The van der Waals surface area contributed by atoms with E-state index in [9.17, 15) is 0 Å². The lowest BCUT2D eigenvalue weighted by atomic mass is 10.1. The maximum atomic E-state index is 5.75. The normalized spacial score (nSPS) is 11.7. The molecule has 0 aliphatic heterocycles. The summed E-state index contributed by atoms with van der Waals surface area (Å²) in [5.74, 6) is 1.09. The van der Waals surface area contributed by atoms with Gasteiger partial charge in [-0.3, -0.25) is 0 Å². The number of hydrogen-bond acceptors (Lipinski definition) is 1. The molecular weight excluding hydrogens is 236 g/mol. The fourth-order valence-corrected chi connectivity index (χ4v) is 6.76. The van der Waals surface area contributed by atoms with Gasteiger partial charge in [0, 0.05) is 0 Å². The minimum atomic E-state index is -1.26. The van der Waals surface area contributed by atoms with Crippen LogP contribution in [0.25, 0.3) is 0 Å². The SMILES string of the molecule is CCOc1c(C)cc([Si](CC)(CC)CC)cc1C. The quantitative estimate of drug-likeness (QED) is 0.691. The van der Waals surface area contributed by atoms with Crippen molar-refractivity contribution in [2.75, 3.05) is 6.61 Å². The van der Waals surface area contributed by atoms with Crippen molar-refractivity contribution in [3.63, 3.8) is 0 Å². The van der Waals surface area contributed by atoms with Crippen LogP contribution in [0.3, 0.4) is 0 Å². The van der Waals surface area contributed by atoms with Crippen molar-refractivity contribution in [1.29, 1.82) is 0 Å². The predicted molar refractivity (Wildman–Crippen MR) is 83.9 cm³/mol. The molecule has 0 aromatic heterocycles. The van der Waals surface area contributed by atoms with Crippen molar-refractivity contribution in [1.82, 2.24) is 0 Å². The molecule has 0 spiro atoms. The third-order valence-corrected chi connectivity index (χ3v) is 9.97. The van der Waals surface area contributed by atoms with Crippen LogP contribution in [-0.4, -0.2) is 14.7 Å². The Hall–Kier alpha value is -0.763. The standard InChI is InChI=1S/C16H28OSi/c1-7-17-16-13(5)11-15(12-14(16)6)18(8-2,9-3)10-4/h11-12H,7-10H2,1-6H3. The lowest BCUT2D eigenvalue weighted by Gasteiger charge is -2.30. The molecule has 0 unspecified atom stereocenters. The molecule has 0 atom stereocenters. The van der Waals surface area contributed by atoms with Crippen LogP contribution in [0.1, 0.15) is 38.8 Å². The second-order valence-electron chi connectivity index (χ2n) is 5.21. The van der Waals surface area contributed by atoms with Crippen molar-refractivity contribution in [2.24, 2.45) is 0 Å². The molecule has 0 aliphatic carbocycles. The average Bonchev–Trinajstić information content (AvgIpc) is 2.37. The van der Waals surface area contributed by atoms with Gasteiger partial charge in [0.05, 0.1) is 14.7 Å². The van der Waals surface area contributed by atoms with Crippen LogP contribution in [0.5, 0.6) is 5.75 Å². The molecule has 0 radical (unpaired) electrons. The maximum absolute atomic E-state index is 5.75. The number of rotatable bonds is 6. The highest BCUT2D eigenvalue weighted by atomic mass is 28.3. The van der Waals surface area contributed by atoms with Gasteiger partial charge in [0.15, 0.2) is 0 Å². The molecule has 0 heterocycles. The van der Waals surface area contributed by atoms with Gasteiger partial charge in [-0.25, -0.2) is 0 Å². The molecule has 0 bridgehead atoms. The van der Waals surface area contributed by atoms with E-state index in [4.69, 9.17) is 4.74 Å². The van der Waals surface area contributed by atoms with E-state index in [1.54, 1.807) is 5.19 Å². The summed E-state index contributed by atoms with van der Waals surface area (Å²) in [6, 6.07) is 8.80. The van der Waals surface area contributed by atoms with Gasteiger partial charge in [-0.2, -0.15) is 0 Å². The van der Waals surface area contributed by atoms with E-state index < -0.39 is 8.07 Å². The van der Waals surface area contributed by atoms with Gasteiger partial charge < -0.3 is 4.74 Å². The molecule has 0 N–H and O–H groups in total. The van der Waals surface area contributed by atoms with Crippen molar-refractivity contribution in [3.8, 4) is 5.75 Å². The van der Waals surface area contributed by atoms with Gasteiger partial charge in [0.25, 0.3) is 0 Å². The van der Waals surface area contributed by atoms with Gasteiger partial charge in [0.1, 0.15) is 5.75 Å². The summed E-state index contributed by atoms with van der Waals surface area (Å²) < 4.78 is 5.75. The van der Waals surface area contributed by atoms with E-state index in [1.165, 1.54) is 29.3 Å². The molecule has 0 fully saturated rings. The zero-order valence-corrected chi connectivity index (χ0v) is 13.9. The Morgan fingerprint density at radius 2 is 1.33 bits per heavy atom. The van der Waals surface area contributed by atoms with Crippen molar-refractivity contribution in [3.05, 3.63) is 23.3 Å². The van der Waals surface area contributed by atoms with Crippen LogP contribution in [0, 0.1) is 13.8 Å². The highest BCUT2D eigenvalue weighted by molar-refractivity contribution is 6.91. The van der Waals surface area contributed by atoms with E-state index in [2.05, 4.69) is 53.7 Å². The highest BCUT2D eigenvalue weighted by Crippen LogP contribution is 2.26. The second-order valence-corrected chi connectivity index (χ2v) is 10.5. The van der Waals surface area contributed by atoms with Gasteiger partial charge in [-0.15, -0.1) is 0 Å². The summed E-state index contributed by atoms with van der Waals surface area (Å²) in [6.07, 6.45) is 0. The van der Waals surface area contributed by atoms with Crippen LogP contribution >= 0.6 is 0 Å². The van der Waals surface area contributed by atoms with Crippen molar-refractivity contribution >= 4 is 13.3 Å². The van der Waals surface area contributed by atoms with Crippen LogP contribution in [-0.2, 0) is 0 Å². The molecule has 1 aromatic rings. The fraction of sp³-hybridized carbons (Fsp3) is 0.625. The zero-order chi connectivity index (χ0) is 13.8. The monoisotopic (exact) mass is 264 g/mol. The van der Waals surface area contributed by atoms with E-state index in [0.717, 1.165) is 12.4 Å². The molecular formula is C16H28OSi. The Morgan fingerprint density at radius 1 is 0.889 bits per heavy atom. The molecule has 0 saturated carbocycles. The Bertz CT molecular complexity index is 363. The van der Waals surface area contributed by atoms with E-state index in [-0.39, 0.29) is 0 Å². The van der Waals surface area contributed by atoms with Gasteiger partial charge in [-0.1, -0.05) is 56.2 Å². The Morgan fingerprint density at radius 3 is 1.67 bits per heavy atom. The highest BCUT2D eigenvalue weighted by Gasteiger charge is 2.29. The topological polar surface area (TPSA) is 9.23 Å². The van der Waals surface area contributed by atoms with Gasteiger partial charge in [0.2, 0.25) is 0 Å². The lowest BCUT2D eigenvalue weighted by Crippen LogP contribution is -2.46. The van der Waals surface area contributed by atoms with Gasteiger partial charge in [-0.05, 0) is 31.9 Å². The Balaban J connectivity index is 3.27. The van der Waals surface area contributed by atoms with Gasteiger partial charge >= 0.3 is 0 Å². The first kappa shape index (κ1) is 15.3. The summed E-state index contributed by atoms with van der Waals surface area (Å²) >= 11 is 0. The maximum Gasteiger partial charge on any atom is 0.125 e. The Labute approximate surface area is 114 Å². The second kappa shape index (κ2) is 6.42. The molecule has 0 amide bonds. The summed E-state index contributed by atoms with van der Waals surface area (Å²) in [7, 11) is -1.26. The zero-order valence-electron chi connectivity index (χ0n) is 12.9.